The zero-order valence-corrected chi connectivity index (χ0v) is 21.0. The zero-order valence-electron chi connectivity index (χ0n) is 19.3. The summed E-state index contributed by atoms with van der Waals surface area (Å²) in [6, 6.07) is 15.0. The van der Waals surface area contributed by atoms with E-state index in [1.807, 2.05) is 11.3 Å². The second-order valence-corrected chi connectivity index (χ2v) is 12.8. The topological polar surface area (TPSA) is 34.0 Å². The third-order valence-corrected chi connectivity index (χ3v) is 10.3. The van der Waals surface area contributed by atoms with Gasteiger partial charge in [-0.2, -0.15) is 11.3 Å². The number of fused-ring (bicyclic) bond motifs is 1. The van der Waals surface area contributed by atoms with Crippen LogP contribution < -0.4 is 5.32 Å². The minimum Gasteiger partial charge on any atom is -0.345 e. The molecule has 4 aliphatic rings. The van der Waals surface area contributed by atoms with Crippen LogP contribution in [0.3, 0.4) is 0 Å². The Morgan fingerprint density at radius 3 is 2.50 bits per heavy atom. The van der Waals surface area contributed by atoms with Crippen molar-refractivity contribution in [3.8, 4) is 0 Å². The van der Waals surface area contributed by atoms with Crippen LogP contribution in [-0.2, 0) is 13.0 Å². The molecule has 8 rings (SSSR count). The molecule has 0 saturated heterocycles. The molecule has 0 spiro atoms. The maximum Gasteiger partial charge on any atom is 0.268 e. The van der Waals surface area contributed by atoms with Gasteiger partial charge < -0.3 is 9.88 Å². The van der Waals surface area contributed by atoms with E-state index in [4.69, 9.17) is 0 Å². The molecule has 0 aliphatic heterocycles. The van der Waals surface area contributed by atoms with Crippen LogP contribution in [0.15, 0.2) is 58.6 Å². The SMILES string of the molecule is O=C(NC12CC3CC(CC(C3)C1)C2)c1cc2ccccc2n1Cc1ccsc1Cc1ccsc1. The Labute approximate surface area is 208 Å². The van der Waals surface area contributed by atoms with Gasteiger partial charge in [-0.1, -0.05) is 18.2 Å². The molecule has 4 saturated carbocycles. The molecule has 0 atom stereocenters. The molecule has 4 aliphatic carbocycles. The number of carbonyl (C=O) groups is 1. The minimum atomic E-state index is 0.0274. The van der Waals surface area contributed by atoms with E-state index in [9.17, 15) is 4.79 Å². The molecule has 4 fully saturated rings. The molecule has 3 nitrogen and oxygen atoms in total. The molecular formula is C29H30N2OS2. The van der Waals surface area contributed by atoms with Gasteiger partial charge in [-0.05, 0) is 108 Å². The predicted octanol–water partition coefficient (Wildman–Crippen LogP) is 7.10. The third kappa shape index (κ3) is 3.64. The highest BCUT2D eigenvalue weighted by Gasteiger charge is 2.51. The number of rotatable bonds is 6. The van der Waals surface area contributed by atoms with Crippen molar-refractivity contribution in [3.05, 3.63) is 80.3 Å². The van der Waals surface area contributed by atoms with Gasteiger partial charge in [-0.3, -0.25) is 4.79 Å². The minimum absolute atomic E-state index is 0.0274. The van der Waals surface area contributed by atoms with Crippen LogP contribution in [0.25, 0.3) is 10.9 Å². The van der Waals surface area contributed by atoms with Gasteiger partial charge in [0.25, 0.3) is 5.91 Å². The van der Waals surface area contributed by atoms with E-state index in [0.717, 1.165) is 47.3 Å². The molecule has 34 heavy (non-hydrogen) atoms. The molecule has 4 aromatic rings. The smallest absolute Gasteiger partial charge is 0.268 e. The first-order valence-electron chi connectivity index (χ1n) is 12.6. The van der Waals surface area contributed by atoms with Crippen LogP contribution >= 0.6 is 22.7 Å². The number of aromatic nitrogens is 1. The maximum absolute atomic E-state index is 13.9. The van der Waals surface area contributed by atoms with Crippen LogP contribution in [0, 0.1) is 17.8 Å². The monoisotopic (exact) mass is 486 g/mol. The van der Waals surface area contributed by atoms with Crippen molar-refractivity contribution in [2.45, 2.75) is 57.0 Å². The molecule has 1 aromatic carbocycles. The van der Waals surface area contributed by atoms with E-state index in [-0.39, 0.29) is 11.4 Å². The lowest BCUT2D eigenvalue weighted by Crippen LogP contribution is -2.60. The Morgan fingerprint density at radius 2 is 1.76 bits per heavy atom. The Kier molecular flexibility index (Phi) is 4.99. The highest BCUT2D eigenvalue weighted by atomic mass is 32.1. The summed E-state index contributed by atoms with van der Waals surface area (Å²) in [5.74, 6) is 2.58. The van der Waals surface area contributed by atoms with Crippen molar-refractivity contribution in [1.29, 1.82) is 0 Å². The first-order valence-corrected chi connectivity index (χ1v) is 14.4. The molecular weight excluding hydrogens is 456 g/mol. The quantitative estimate of drug-likeness (QED) is 0.310. The standard InChI is InChI=1S/C29H30N2OS2/c32-28(30-29-14-20-9-21(15-29)11-22(10-20)16-29)26-13-23-3-1-2-4-25(23)31(26)17-24-6-8-34-27(24)12-19-5-7-33-18-19/h1-8,13,18,20-22H,9-12,14-17H2,(H,30,32). The van der Waals surface area contributed by atoms with E-state index in [2.05, 4.69) is 68.5 Å². The van der Waals surface area contributed by atoms with Crippen LogP contribution in [0.4, 0.5) is 0 Å². The van der Waals surface area contributed by atoms with E-state index >= 15 is 0 Å². The van der Waals surface area contributed by atoms with Crippen molar-refractivity contribution in [3.63, 3.8) is 0 Å². The number of carbonyl (C=O) groups excluding carboxylic acids is 1. The fourth-order valence-electron chi connectivity index (χ4n) is 7.55. The molecule has 1 amide bonds. The Morgan fingerprint density at radius 1 is 1.00 bits per heavy atom. The fourth-order valence-corrected chi connectivity index (χ4v) is 9.15. The molecule has 4 bridgehead atoms. The van der Waals surface area contributed by atoms with Crippen LogP contribution in [0.2, 0.25) is 0 Å². The average molecular weight is 487 g/mol. The van der Waals surface area contributed by atoms with Crippen molar-refractivity contribution >= 4 is 39.5 Å². The molecule has 1 N–H and O–H groups in total. The molecule has 0 unspecified atom stereocenters. The predicted molar refractivity (Wildman–Crippen MR) is 141 cm³/mol. The molecule has 3 aromatic heterocycles. The summed E-state index contributed by atoms with van der Waals surface area (Å²) >= 11 is 3.58. The van der Waals surface area contributed by atoms with Crippen molar-refractivity contribution in [2.24, 2.45) is 17.8 Å². The first-order chi connectivity index (χ1) is 16.6. The number of amides is 1. The summed E-state index contributed by atoms with van der Waals surface area (Å²) in [4.78, 5) is 15.3. The largest absolute Gasteiger partial charge is 0.345 e. The summed E-state index contributed by atoms with van der Waals surface area (Å²) in [6.45, 7) is 0.736. The van der Waals surface area contributed by atoms with Gasteiger partial charge in [0, 0.05) is 34.3 Å². The number of hydrogen-bond acceptors (Lipinski definition) is 3. The van der Waals surface area contributed by atoms with Gasteiger partial charge >= 0.3 is 0 Å². The van der Waals surface area contributed by atoms with Crippen LogP contribution in [-0.4, -0.2) is 16.0 Å². The van der Waals surface area contributed by atoms with E-state index < -0.39 is 0 Å². The molecule has 3 heterocycles. The summed E-state index contributed by atoms with van der Waals surface area (Å²) in [6.07, 6.45) is 8.67. The van der Waals surface area contributed by atoms with Crippen molar-refractivity contribution in [1.82, 2.24) is 9.88 Å². The van der Waals surface area contributed by atoms with Crippen molar-refractivity contribution < 1.29 is 4.79 Å². The summed E-state index contributed by atoms with van der Waals surface area (Å²) in [5.41, 5.74) is 4.67. The van der Waals surface area contributed by atoms with E-state index in [1.165, 1.54) is 54.5 Å². The Bertz CT molecular complexity index is 1310. The number of hydrogen-bond donors (Lipinski definition) is 1. The van der Waals surface area contributed by atoms with E-state index in [0.29, 0.717) is 0 Å². The van der Waals surface area contributed by atoms with Gasteiger partial charge in [0.1, 0.15) is 5.69 Å². The molecule has 5 heteroatoms. The highest BCUT2D eigenvalue weighted by Crippen LogP contribution is 2.55. The highest BCUT2D eigenvalue weighted by molar-refractivity contribution is 7.10. The van der Waals surface area contributed by atoms with Gasteiger partial charge in [0.2, 0.25) is 0 Å². The average Bonchev–Trinajstić information content (AvgIpc) is 3.55. The maximum atomic E-state index is 13.9. The summed E-state index contributed by atoms with van der Waals surface area (Å²) in [5, 5.41) is 11.3. The third-order valence-electron chi connectivity index (χ3n) is 8.57. The number of para-hydroxylation sites is 1. The summed E-state index contributed by atoms with van der Waals surface area (Å²) in [7, 11) is 0. The van der Waals surface area contributed by atoms with Gasteiger partial charge in [-0.25, -0.2) is 0 Å². The van der Waals surface area contributed by atoms with Crippen LogP contribution in [0.5, 0.6) is 0 Å². The lowest BCUT2D eigenvalue weighted by molar-refractivity contribution is -0.0168. The van der Waals surface area contributed by atoms with Gasteiger partial charge in [0.05, 0.1) is 0 Å². The zero-order chi connectivity index (χ0) is 22.7. The molecule has 174 valence electrons. The second kappa shape index (κ2) is 8.10. The van der Waals surface area contributed by atoms with Crippen LogP contribution in [0.1, 0.15) is 65.0 Å². The first kappa shape index (κ1) is 21.0. The molecule has 0 radical (unpaired) electrons. The lowest BCUT2D eigenvalue weighted by Gasteiger charge is -2.56. The van der Waals surface area contributed by atoms with Gasteiger partial charge in [-0.15, -0.1) is 11.3 Å². The Hall–Kier alpha value is -2.37. The van der Waals surface area contributed by atoms with Gasteiger partial charge in [0.15, 0.2) is 0 Å². The number of thiophene rings is 2. The van der Waals surface area contributed by atoms with Crippen molar-refractivity contribution in [2.75, 3.05) is 0 Å². The number of nitrogens with zero attached hydrogens (tertiary/aromatic N) is 1. The fraction of sp³-hybridized carbons (Fsp3) is 0.414. The normalized spacial score (nSPS) is 27.5. The number of nitrogens with one attached hydrogen (secondary N) is 1. The number of benzene rings is 1. The second-order valence-electron chi connectivity index (χ2n) is 11.0. The summed E-state index contributed by atoms with van der Waals surface area (Å²) < 4.78 is 2.25. The lowest BCUT2D eigenvalue weighted by atomic mass is 9.53. The van der Waals surface area contributed by atoms with E-state index in [1.54, 1.807) is 11.3 Å². The Balaban J connectivity index is 1.21.